The van der Waals surface area contributed by atoms with Crippen molar-refractivity contribution in [2.24, 2.45) is 5.73 Å². The van der Waals surface area contributed by atoms with Gasteiger partial charge >= 0.3 is 0 Å². The Morgan fingerprint density at radius 1 is 1.18 bits per heavy atom. The molecule has 0 amide bonds. The lowest BCUT2D eigenvalue weighted by molar-refractivity contribution is 0.340. The largest absolute Gasteiger partial charge is 0.494 e. The van der Waals surface area contributed by atoms with Gasteiger partial charge in [-0.25, -0.2) is 0 Å². The quantitative estimate of drug-likeness (QED) is 0.856. The first-order valence-electron chi connectivity index (χ1n) is 5.93. The van der Waals surface area contributed by atoms with E-state index in [1.807, 2.05) is 19.1 Å². The van der Waals surface area contributed by atoms with Crippen molar-refractivity contribution in [1.82, 2.24) is 4.57 Å². The number of aromatic nitrogens is 1. The van der Waals surface area contributed by atoms with Crippen molar-refractivity contribution in [2.45, 2.75) is 13.3 Å². The molecule has 2 aromatic rings. The Labute approximate surface area is 102 Å². The molecule has 2 rings (SSSR count). The molecule has 0 atom stereocenters. The average molecular weight is 230 g/mol. The van der Waals surface area contributed by atoms with Gasteiger partial charge in [0.1, 0.15) is 5.75 Å². The van der Waals surface area contributed by atoms with Crippen molar-refractivity contribution in [3.05, 3.63) is 48.3 Å². The fraction of sp³-hybridized carbons (Fsp3) is 0.286. The van der Waals surface area contributed by atoms with E-state index in [0.29, 0.717) is 13.2 Å². The van der Waals surface area contributed by atoms with Crippen LogP contribution in [0.2, 0.25) is 0 Å². The molecule has 1 aromatic heterocycles. The highest BCUT2D eigenvalue weighted by Crippen LogP contribution is 2.16. The highest BCUT2D eigenvalue weighted by Gasteiger charge is 1.99. The summed E-state index contributed by atoms with van der Waals surface area (Å²) in [4.78, 5) is 0. The second-order valence-corrected chi connectivity index (χ2v) is 3.89. The molecule has 0 spiro atoms. The Balaban J connectivity index is 2.15. The Hall–Kier alpha value is -1.74. The molecule has 0 aliphatic heterocycles. The Kier molecular flexibility index (Phi) is 3.83. The van der Waals surface area contributed by atoms with Crippen LogP contribution in [0, 0.1) is 0 Å². The third-order valence-corrected chi connectivity index (χ3v) is 2.63. The minimum Gasteiger partial charge on any atom is -0.494 e. The van der Waals surface area contributed by atoms with Crippen LogP contribution < -0.4 is 10.5 Å². The first-order chi connectivity index (χ1) is 8.33. The molecule has 0 unspecified atom stereocenters. The van der Waals surface area contributed by atoms with Gasteiger partial charge in [-0.15, -0.1) is 0 Å². The molecule has 0 saturated carbocycles. The summed E-state index contributed by atoms with van der Waals surface area (Å²) in [6, 6.07) is 10.2. The fourth-order valence-electron chi connectivity index (χ4n) is 1.80. The number of nitrogens with zero attached hydrogens (tertiary/aromatic N) is 1. The molecule has 3 nitrogen and oxygen atoms in total. The van der Waals surface area contributed by atoms with Crippen molar-refractivity contribution in [3.8, 4) is 11.4 Å². The normalized spacial score (nSPS) is 10.5. The Morgan fingerprint density at radius 2 is 1.94 bits per heavy atom. The number of nitrogens with two attached hydrogens (primary N) is 1. The number of hydrogen-bond donors (Lipinski definition) is 1. The summed E-state index contributed by atoms with van der Waals surface area (Å²) in [5.74, 6) is 0.908. The molecule has 3 heteroatoms. The van der Waals surface area contributed by atoms with E-state index < -0.39 is 0 Å². The van der Waals surface area contributed by atoms with Crippen molar-refractivity contribution in [2.75, 3.05) is 13.2 Å². The van der Waals surface area contributed by atoms with Gasteiger partial charge in [-0.05, 0) is 55.8 Å². The van der Waals surface area contributed by atoms with Gasteiger partial charge in [-0.2, -0.15) is 0 Å². The molecule has 90 valence electrons. The summed E-state index contributed by atoms with van der Waals surface area (Å²) >= 11 is 0. The van der Waals surface area contributed by atoms with Crippen LogP contribution >= 0.6 is 0 Å². The minimum absolute atomic E-state index is 0.688. The van der Waals surface area contributed by atoms with Gasteiger partial charge in [0.05, 0.1) is 6.61 Å². The molecule has 0 aliphatic carbocycles. The maximum absolute atomic E-state index is 5.54. The van der Waals surface area contributed by atoms with Crippen LogP contribution in [0.25, 0.3) is 5.69 Å². The first-order valence-corrected chi connectivity index (χ1v) is 5.93. The average Bonchev–Trinajstić information content (AvgIpc) is 2.80. The molecule has 17 heavy (non-hydrogen) atoms. The third kappa shape index (κ3) is 2.88. The molecule has 0 fully saturated rings. The van der Waals surface area contributed by atoms with E-state index in [2.05, 4.69) is 35.2 Å². The second kappa shape index (κ2) is 5.55. The number of hydrogen-bond acceptors (Lipinski definition) is 2. The van der Waals surface area contributed by atoms with Gasteiger partial charge in [0.25, 0.3) is 0 Å². The van der Waals surface area contributed by atoms with Gasteiger partial charge in [-0.1, -0.05) is 0 Å². The standard InChI is InChI=1S/C14H18N2O/c1-2-17-14-5-3-13(4-6-14)16-10-8-12(11-16)7-9-15/h3-6,8,10-11H,2,7,9,15H2,1H3. The predicted molar refractivity (Wildman–Crippen MR) is 69.7 cm³/mol. The zero-order valence-corrected chi connectivity index (χ0v) is 10.1. The monoisotopic (exact) mass is 230 g/mol. The minimum atomic E-state index is 0.688. The zero-order valence-electron chi connectivity index (χ0n) is 10.1. The topological polar surface area (TPSA) is 40.2 Å². The number of rotatable bonds is 5. The van der Waals surface area contributed by atoms with E-state index in [0.717, 1.165) is 17.9 Å². The maximum atomic E-state index is 5.54. The summed E-state index contributed by atoms with van der Waals surface area (Å²) in [7, 11) is 0. The molecular formula is C14H18N2O. The maximum Gasteiger partial charge on any atom is 0.119 e. The highest BCUT2D eigenvalue weighted by molar-refractivity contribution is 5.38. The number of ether oxygens (including phenoxy) is 1. The Morgan fingerprint density at radius 3 is 2.59 bits per heavy atom. The molecule has 0 aliphatic rings. The summed E-state index contributed by atoms with van der Waals surface area (Å²) in [6.45, 7) is 3.37. The molecule has 0 radical (unpaired) electrons. The molecule has 1 heterocycles. The predicted octanol–water partition coefficient (Wildman–Crippen LogP) is 2.38. The Bertz CT molecular complexity index is 459. The molecular weight excluding hydrogens is 212 g/mol. The van der Waals surface area contributed by atoms with Crippen molar-refractivity contribution in [3.63, 3.8) is 0 Å². The van der Waals surface area contributed by atoms with Gasteiger partial charge in [0.2, 0.25) is 0 Å². The van der Waals surface area contributed by atoms with Crippen LogP contribution in [0.5, 0.6) is 5.75 Å². The van der Waals surface area contributed by atoms with E-state index in [1.165, 1.54) is 5.56 Å². The second-order valence-electron chi connectivity index (χ2n) is 3.89. The van der Waals surface area contributed by atoms with Crippen molar-refractivity contribution >= 4 is 0 Å². The first kappa shape index (κ1) is 11.7. The highest BCUT2D eigenvalue weighted by atomic mass is 16.5. The van der Waals surface area contributed by atoms with E-state index in [1.54, 1.807) is 0 Å². The van der Waals surface area contributed by atoms with Crippen molar-refractivity contribution < 1.29 is 4.74 Å². The van der Waals surface area contributed by atoms with Crippen LogP contribution in [0.4, 0.5) is 0 Å². The van der Waals surface area contributed by atoms with Crippen LogP contribution in [-0.2, 0) is 6.42 Å². The smallest absolute Gasteiger partial charge is 0.119 e. The van der Waals surface area contributed by atoms with Crippen LogP contribution in [-0.4, -0.2) is 17.7 Å². The van der Waals surface area contributed by atoms with Gasteiger partial charge < -0.3 is 15.0 Å². The third-order valence-electron chi connectivity index (χ3n) is 2.63. The lowest BCUT2D eigenvalue weighted by Crippen LogP contribution is -2.01. The lowest BCUT2D eigenvalue weighted by Gasteiger charge is -2.05. The summed E-state index contributed by atoms with van der Waals surface area (Å²) in [5.41, 5.74) is 7.94. The summed E-state index contributed by atoms with van der Waals surface area (Å²) in [6.07, 6.45) is 5.09. The molecule has 1 aromatic carbocycles. The fourth-order valence-corrected chi connectivity index (χ4v) is 1.80. The zero-order chi connectivity index (χ0) is 12.1. The molecule has 0 bridgehead atoms. The van der Waals surface area contributed by atoms with E-state index in [-0.39, 0.29) is 0 Å². The summed E-state index contributed by atoms with van der Waals surface area (Å²) in [5, 5.41) is 0. The van der Waals surface area contributed by atoms with Gasteiger partial charge in [0.15, 0.2) is 0 Å². The molecule has 2 N–H and O–H groups in total. The lowest BCUT2D eigenvalue weighted by atomic mass is 10.2. The van der Waals surface area contributed by atoms with Crippen molar-refractivity contribution in [1.29, 1.82) is 0 Å². The van der Waals surface area contributed by atoms with E-state index >= 15 is 0 Å². The van der Waals surface area contributed by atoms with Gasteiger partial charge in [0, 0.05) is 18.1 Å². The van der Waals surface area contributed by atoms with Crippen LogP contribution in [0.1, 0.15) is 12.5 Å². The van der Waals surface area contributed by atoms with Crippen LogP contribution in [0.15, 0.2) is 42.7 Å². The van der Waals surface area contributed by atoms with Gasteiger partial charge in [-0.3, -0.25) is 0 Å². The SMILES string of the molecule is CCOc1ccc(-n2ccc(CCN)c2)cc1. The molecule has 0 saturated heterocycles. The summed E-state index contributed by atoms with van der Waals surface area (Å²) < 4.78 is 7.51. The van der Waals surface area contributed by atoms with E-state index in [9.17, 15) is 0 Å². The number of benzene rings is 1. The van der Waals surface area contributed by atoms with E-state index in [4.69, 9.17) is 10.5 Å². The van der Waals surface area contributed by atoms with Crippen LogP contribution in [0.3, 0.4) is 0 Å².